The van der Waals surface area contributed by atoms with Crippen molar-refractivity contribution in [2.75, 3.05) is 5.73 Å². The second-order valence-electron chi connectivity index (χ2n) is 4.31. The highest BCUT2D eigenvalue weighted by Crippen LogP contribution is 2.39. The van der Waals surface area contributed by atoms with Crippen molar-refractivity contribution in [1.82, 2.24) is 9.55 Å². The number of benzene rings is 1. The highest BCUT2D eigenvalue weighted by Gasteiger charge is 2.26. The molecule has 1 fully saturated rings. The molecule has 0 saturated heterocycles. The minimum Gasteiger partial charge on any atom is -0.383 e. The van der Waals surface area contributed by atoms with Crippen LogP contribution in [0.4, 0.5) is 5.82 Å². The van der Waals surface area contributed by atoms with Crippen molar-refractivity contribution in [3.63, 3.8) is 0 Å². The van der Waals surface area contributed by atoms with Gasteiger partial charge in [0, 0.05) is 11.6 Å². The number of hydrogen-bond acceptors (Lipinski definition) is 3. The van der Waals surface area contributed by atoms with Crippen LogP contribution in [-0.2, 0) is 0 Å². The van der Waals surface area contributed by atoms with Crippen LogP contribution in [0, 0.1) is 11.3 Å². The Morgan fingerprint density at radius 3 is 2.94 bits per heavy atom. The number of anilines is 1. The first-order valence-electron chi connectivity index (χ1n) is 5.62. The first-order valence-corrected chi connectivity index (χ1v) is 5.62. The van der Waals surface area contributed by atoms with Gasteiger partial charge in [0.05, 0.1) is 18.0 Å². The molecule has 1 aromatic carbocycles. The standard InChI is InChI=1S/C13H12N4/c14-7-9-2-1-3-10(6-9)12-13(15)17(8-16-12)11-4-5-11/h1-3,6,8,11H,4-5,15H2. The molecule has 0 radical (unpaired) electrons. The maximum atomic E-state index is 8.87. The maximum absolute atomic E-state index is 8.87. The molecule has 0 unspecified atom stereocenters. The minimum absolute atomic E-state index is 0.524. The summed E-state index contributed by atoms with van der Waals surface area (Å²) in [7, 11) is 0. The van der Waals surface area contributed by atoms with Crippen molar-refractivity contribution in [1.29, 1.82) is 5.26 Å². The van der Waals surface area contributed by atoms with Crippen LogP contribution in [0.1, 0.15) is 24.4 Å². The van der Waals surface area contributed by atoms with E-state index in [9.17, 15) is 0 Å². The van der Waals surface area contributed by atoms with E-state index < -0.39 is 0 Å². The fourth-order valence-electron chi connectivity index (χ4n) is 1.97. The van der Waals surface area contributed by atoms with E-state index in [2.05, 4.69) is 11.1 Å². The zero-order valence-corrected chi connectivity index (χ0v) is 9.30. The number of aromatic nitrogens is 2. The molecule has 0 aliphatic heterocycles. The lowest BCUT2D eigenvalue weighted by Gasteiger charge is -2.03. The van der Waals surface area contributed by atoms with Crippen LogP contribution in [0.2, 0.25) is 0 Å². The Kier molecular flexibility index (Phi) is 2.12. The molecule has 0 bridgehead atoms. The Bertz CT molecular complexity index is 602. The Morgan fingerprint density at radius 1 is 1.41 bits per heavy atom. The number of nitriles is 1. The predicted molar refractivity (Wildman–Crippen MR) is 65.1 cm³/mol. The predicted octanol–water partition coefficient (Wildman–Crippen LogP) is 2.34. The van der Waals surface area contributed by atoms with E-state index in [1.807, 2.05) is 22.8 Å². The normalized spacial score (nSPS) is 14.5. The fourth-order valence-corrected chi connectivity index (χ4v) is 1.97. The van der Waals surface area contributed by atoms with Gasteiger partial charge in [-0.2, -0.15) is 5.26 Å². The molecule has 0 spiro atoms. The summed E-state index contributed by atoms with van der Waals surface area (Å²) in [4.78, 5) is 4.35. The molecule has 2 aromatic rings. The summed E-state index contributed by atoms with van der Waals surface area (Å²) < 4.78 is 2.02. The molecule has 4 nitrogen and oxygen atoms in total. The van der Waals surface area contributed by atoms with Crippen LogP contribution in [0.25, 0.3) is 11.3 Å². The molecule has 1 aliphatic carbocycles. The van der Waals surface area contributed by atoms with Crippen LogP contribution in [0.5, 0.6) is 0 Å². The van der Waals surface area contributed by atoms with E-state index in [1.54, 1.807) is 12.4 Å². The molecule has 1 aromatic heterocycles. The average Bonchev–Trinajstić information content (AvgIpc) is 3.13. The van der Waals surface area contributed by atoms with Gasteiger partial charge in [-0.25, -0.2) is 4.98 Å². The quantitative estimate of drug-likeness (QED) is 0.851. The largest absolute Gasteiger partial charge is 0.383 e. The Hall–Kier alpha value is -2.28. The summed E-state index contributed by atoms with van der Waals surface area (Å²) in [6.45, 7) is 0. The van der Waals surface area contributed by atoms with Crippen molar-refractivity contribution >= 4 is 5.82 Å². The smallest absolute Gasteiger partial charge is 0.131 e. The Labute approximate surface area is 99.3 Å². The molecule has 2 N–H and O–H groups in total. The number of imidazole rings is 1. The van der Waals surface area contributed by atoms with Gasteiger partial charge in [-0.15, -0.1) is 0 Å². The molecule has 84 valence electrons. The number of nitrogen functional groups attached to an aromatic ring is 1. The second kappa shape index (κ2) is 3.63. The van der Waals surface area contributed by atoms with Gasteiger partial charge in [-0.3, -0.25) is 0 Å². The van der Waals surface area contributed by atoms with Gasteiger partial charge in [-0.05, 0) is 25.0 Å². The van der Waals surface area contributed by atoms with Crippen LogP contribution in [0.15, 0.2) is 30.6 Å². The monoisotopic (exact) mass is 224 g/mol. The molecule has 1 heterocycles. The third-order valence-electron chi connectivity index (χ3n) is 3.04. The van der Waals surface area contributed by atoms with Gasteiger partial charge in [0.25, 0.3) is 0 Å². The highest BCUT2D eigenvalue weighted by molar-refractivity contribution is 5.71. The number of nitrogens with two attached hydrogens (primary N) is 1. The zero-order valence-electron chi connectivity index (χ0n) is 9.30. The summed E-state index contributed by atoms with van der Waals surface area (Å²) in [5.74, 6) is 0.697. The van der Waals surface area contributed by atoms with Gasteiger partial charge < -0.3 is 10.3 Å². The van der Waals surface area contributed by atoms with Crippen molar-refractivity contribution in [2.24, 2.45) is 0 Å². The number of rotatable bonds is 2. The molecule has 1 aliphatic rings. The van der Waals surface area contributed by atoms with Crippen LogP contribution >= 0.6 is 0 Å². The first kappa shape index (κ1) is 9.91. The summed E-state index contributed by atoms with van der Waals surface area (Å²) >= 11 is 0. The topological polar surface area (TPSA) is 67.6 Å². The van der Waals surface area contributed by atoms with Crippen molar-refractivity contribution in [3.8, 4) is 17.3 Å². The lowest BCUT2D eigenvalue weighted by Crippen LogP contribution is -1.99. The molecule has 17 heavy (non-hydrogen) atoms. The molecular formula is C13H12N4. The third-order valence-corrected chi connectivity index (χ3v) is 3.04. The summed E-state index contributed by atoms with van der Waals surface area (Å²) in [6.07, 6.45) is 4.15. The SMILES string of the molecule is N#Cc1cccc(-c2ncn(C3CC3)c2N)c1. The van der Waals surface area contributed by atoms with E-state index in [-0.39, 0.29) is 0 Å². The molecular weight excluding hydrogens is 212 g/mol. The maximum Gasteiger partial charge on any atom is 0.131 e. The Balaban J connectivity index is 2.06. The summed E-state index contributed by atoms with van der Waals surface area (Å²) in [5, 5.41) is 8.87. The molecule has 4 heteroatoms. The lowest BCUT2D eigenvalue weighted by atomic mass is 10.1. The van der Waals surface area contributed by atoms with Crippen LogP contribution in [0.3, 0.4) is 0 Å². The summed E-state index contributed by atoms with van der Waals surface area (Å²) in [5.41, 5.74) is 8.39. The van der Waals surface area contributed by atoms with E-state index in [0.717, 1.165) is 11.3 Å². The van der Waals surface area contributed by atoms with Crippen LogP contribution in [-0.4, -0.2) is 9.55 Å². The fraction of sp³-hybridized carbons (Fsp3) is 0.231. The lowest BCUT2D eigenvalue weighted by molar-refractivity contribution is 0.751. The zero-order chi connectivity index (χ0) is 11.8. The van der Waals surface area contributed by atoms with Crippen molar-refractivity contribution in [2.45, 2.75) is 18.9 Å². The van der Waals surface area contributed by atoms with Crippen molar-refractivity contribution in [3.05, 3.63) is 36.2 Å². The van der Waals surface area contributed by atoms with E-state index >= 15 is 0 Å². The van der Waals surface area contributed by atoms with Gasteiger partial charge in [0.15, 0.2) is 0 Å². The molecule has 3 rings (SSSR count). The van der Waals surface area contributed by atoms with Crippen LogP contribution < -0.4 is 5.73 Å². The second-order valence-corrected chi connectivity index (χ2v) is 4.31. The minimum atomic E-state index is 0.524. The average molecular weight is 224 g/mol. The number of hydrogen-bond donors (Lipinski definition) is 1. The van der Waals surface area contributed by atoms with Gasteiger partial charge in [-0.1, -0.05) is 12.1 Å². The van der Waals surface area contributed by atoms with E-state index in [1.165, 1.54) is 12.8 Å². The van der Waals surface area contributed by atoms with E-state index in [4.69, 9.17) is 11.0 Å². The van der Waals surface area contributed by atoms with Gasteiger partial charge in [0.1, 0.15) is 11.5 Å². The first-order chi connectivity index (χ1) is 8.29. The third kappa shape index (κ3) is 1.66. The molecule has 0 amide bonds. The summed E-state index contributed by atoms with van der Waals surface area (Å²) in [6, 6.07) is 10.0. The molecule has 0 atom stereocenters. The van der Waals surface area contributed by atoms with E-state index in [0.29, 0.717) is 17.4 Å². The Morgan fingerprint density at radius 2 is 2.24 bits per heavy atom. The number of nitrogens with zero attached hydrogens (tertiary/aromatic N) is 3. The molecule has 1 saturated carbocycles. The van der Waals surface area contributed by atoms with Gasteiger partial charge in [0.2, 0.25) is 0 Å². The van der Waals surface area contributed by atoms with Crippen molar-refractivity contribution < 1.29 is 0 Å². The highest BCUT2D eigenvalue weighted by atomic mass is 15.2. The van der Waals surface area contributed by atoms with Gasteiger partial charge >= 0.3 is 0 Å².